The summed E-state index contributed by atoms with van der Waals surface area (Å²) in [6.07, 6.45) is 0.785. The molecule has 0 amide bonds. The van der Waals surface area contributed by atoms with E-state index < -0.39 is 8.80 Å². The van der Waals surface area contributed by atoms with Crippen LogP contribution < -0.4 is 0 Å². The smallest absolute Gasteiger partial charge is 0.371 e. The lowest BCUT2D eigenvalue weighted by Gasteiger charge is -2.39. The third kappa shape index (κ3) is 2.99. The first-order valence-corrected chi connectivity index (χ1v) is 7.42. The van der Waals surface area contributed by atoms with Gasteiger partial charge in [0, 0.05) is 19.6 Å². The molecule has 3 rings (SSSR count). The fourth-order valence-corrected chi connectivity index (χ4v) is 4.48. The molecule has 2 bridgehead atoms. The molecule has 3 aliphatic heterocycles. The summed E-state index contributed by atoms with van der Waals surface area (Å²) in [5.74, 6) is 0. The summed E-state index contributed by atoms with van der Waals surface area (Å²) in [6.45, 7) is 5.24. The second-order valence-corrected chi connectivity index (χ2v) is 6.86. The third-order valence-corrected chi connectivity index (χ3v) is 5.65. The van der Waals surface area contributed by atoms with Gasteiger partial charge in [-0.15, -0.1) is 0 Å². The van der Waals surface area contributed by atoms with Gasteiger partial charge in [-0.1, -0.05) is 0 Å². The van der Waals surface area contributed by atoms with Crippen LogP contribution >= 0.6 is 0 Å². The molecule has 0 spiro atoms. The van der Waals surface area contributed by atoms with Gasteiger partial charge >= 0.3 is 8.80 Å². The molecule has 0 N–H and O–H groups in total. The van der Waals surface area contributed by atoms with Crippen molar-refractivity contribution >= 4 is 8.80 Å². The van der Waals surface area contributed by atoms with Crippen LogP contribution in [-0.4, -0.2) is 78.3 Å². The van der Waals surface area contributed by atoms with Gasteiger partial charge in [-0.3, -0.25) is 4.90 Å². The first-order valence-electron chi connectivity index (χ1n) is 5.49. The molecule has 3 saturated heterocycles. The molecule has 0 aromatic heterocycles. The van der Waals surface area contributed by atoms with Gasteiger partial charge in [0.15, 0.2) is 0 Å². The molecule has 5 nitrogen and oxygen atoms in total. The van der Waals surface area contributed by atoms with E-state index in [1.807, 2.05) is 14.1 Å². The fourth-order valence-electron chi connectivity index (χ4n) is 1.98. The predicted molar refractivity (Wildman–Crippen MR) is 58.6 cm³/mol. The highest BCUT2D eigenvalue weighted by molar-refractivity contribution is 6.61. The molecule has 3 fully saturated rings. The number of hydrogen-bond acceptors (Lipinski definition) is 5. The minimum atomic E-state index is -2.39. The molecular weight excluding hydrogens is 212 g/mol. The molecule has 6 heteroatoms. The first-order chi connectivity index (χ1) is 7.20. The lowest BCUT2D eigenvalue weighted by atomic mass is 10.4. The molecule has 3 heterocycles. The van der Waals surface area contributed by atoms with Gasteiger partial charge in [0.25, 0.3) is 0 Å². The molecule has 0 saturated carbocycles. The number of nitrogens with zero attached hydrogens (tertiary/aromatic N) is 2. The maximum atomic E-state index is 5.86. The van der Waals surface area contributed by atoms with Crippen molar-refractivity contribution in [3.8, 4) is 0 Å². The molecule has 88 valence electrons. The van der Waals surface area contributed by atoms with Crippen molar-refractivity contribution < 1.29 is 13.3 Å². The lowest BCUT2D eigenvalue weighted by molar-refractivity contribution is -0.0133. The zero-order chi connectivity index (χ0) is 10.7. The average molecular weight is 232 g/mol. The van der Waals surface area contributed by atoms with Gasteiger partial charge < -0.3 is 18.2 Å². The molecule has 0 aromatic rings. The summed E-state index contributed by atoms with van der Waals surface area (Å²) in [7, 11) is 1.67. The maximum Gasteiger partial charge on any atom is 0.515 e. The van der Waals surface area contributed by atoms with Gasteiger partial charge in [0.05, 0.1) is 26.0 Å². The summed E-state index contributed by atoms with van der Waals surface area (Å²) in [5, 5.41) is 0. The quantitative estimate of drug-likeness (QED) is 0.594. The summed E-state index contributed by atoms with van der Waals surface area (Å²) in [4.78, 5) is 4.42. The Bertz CT molecular complexity index is 189. The number of hydrogen-bond donors (Lipinski definition) is 0. The molecule has 0 atom stereocenters. The zero-order valence-corrected chi connectivity index (χ0v) is 10.6. The van der Waals surface area contributed by atoms with E-state index in [1.54, 1.807) is 0 Å². The molecule has 0 unspecified atom stereocenters. The number of fused-ring (bicyclic) bond motifs is 6. The largest absolute Gasteiger partial charge is 0.515 e. The van der Waals surface area contributed by atoms with E-state index in [-0.39, 0.29) is 0 Å². The third-order valence-electron chi connectivity index (χ3n) is 2.70. The Kier molecular flexibility index (Phi) is 3.76. The van der Waals surface area contributed by atoms with E-state index in [2.05, 4.69) is 9.80 Å². The Balaban J connectivity index is 2.05. The van der Waals surface area contributed by atoms with Crippen molar-refractivity contribution in [3.63, 3.8) is 0 Å². The van der Waals surface area contributed by atoms with Crippen LogP contribution in [0.15, 0.2) is 0 Å². The summed E-state index contributed by atoms with van der Waals surface area (Å²) >= 11 is 0. The van der Waals surface area contributed by atoms with Gasteiger partial charge in [-0.05, 0) is 14.1 Å². The standard InChI is InChI=1S/C9H20N2O3Si/c1-10(2)9-15-12-6-3-11(4-7-13-15)5-8-14-15/h3-9H2,1-2H3. The Morgan fingerprint density at radius 1 is 1.00 bits per heavy atom. The van der Waals surface area contributed by atoms with E-state index in [1.165, 1.54) is 0 Å². The van der Waals surface area contributed by atoms with Crippen LogP contribution in [0, 0.1) is 0 Å². The van der Waals surface area contributed by atoms with E-state index in [4.69, 9.17) is 13.3 Å². The maximum absolute atomic E-state index is 5.86. The molecule has 0 radical (unpaired) electrons. The van der Waals surface area contributed by atoms with Gasteiger partial charge in [0.1, 0.15) is 0 Å². The van der Waals surface area contributed by atoms with Crippen LogP contribution in [0.25, 0.3) is 0 Å². The highest BCUT2D eigenvalue weighted by atomic mass is 28.4. The Labute approximate surface area is 92.3 Å². The van der Waals surface area contributed by atoms with Crippen molar-refractivity contribution in [1.82, 2.24) is 9.80 Å². The summed E-state index contributed by atoms with van der Waals surface area (Å²) < 4.78 is 17.6. The van der Waals surface area contributed by atoms with E-state index in [9.17, 15) is 0 Å². The summed E-state index contributed by atoms with van der Waals surface area (Å²) in [5.41, 5.74) is 0. The first kappa shape index (κ1) is 11.5. The minimum Gasteiger partial charge on any atom is -0.371 e. The van der Waals surface area contributed by atoms with Crippen molar-refractivity contribution in [3.05, 3.63) is 0 Å². The van der Waals surface area contributed by atoms with Crippen molar-refractivity contribution in [2.75, 3.05) is 59.7 Å². The SMILES string of the molecule is CN(C)C[Si]12OCCN(CCO1)CCO2. The van der Waals surface area contributed by atoms with E-state index in [0.29, 0.717) is 0 Å². The molecule has 0 aliphatic carbocycles. The zero-order valence-electron chi connectivity index (χ0n) is 9.57. The summed E-state index contributed by atoms with van der Waals surface area (Å²) in [6, 6.07) is 0. The van der Waals surface area contributed by atoms with Crippen molar-refractivity contribution in [2.24, 2.45) is 0 Å². The lowest BCUT2D eigenvalue weighted by Crippen LogP contribution is -2.59. The minimum absolute atomic E-state index is 0.736. The molecule has 15 heavy (non-hydrogen) atoms. The highest BCUT2D eigenvalue weighted by Crippen LogP contribution is 2.16. The monoisotopic (exact) mass is 232 g/mol. The Hall–Kier alpha value is 0.0169. The van der Waals surface area contributed by atoms with Crippen molar-refractivity contribution in [1.29, 1.82) is 0 Å². The van der Waals surface area contributed by atoms with E-state index >= 15 is 0 Å². The fraction of sp³-hybridized carbons (Fsp3) is 1.00. The predicted octanol–water partition coefficient (Wildman–Crippen LogP) is -0.595. The Morgan fingerprint density at radius 3 is 1.87 bits per heavy atom. The van der Waals surface area contributed by atoms with Crippen LogP contribution in [0.3, 0.4) is 0 Å². The molecular formula is C9H20N2O3Si. The molecule has 0 aromatic carbocycles. The van der Waals surface area contributed by atoms with Crippen LogP contribution in [0.4, 0.5) is 0 Å². The average Bonchev–Trinajstić information content (AvgIpc) is 2.05. The van der Waals surface area contributed by atoms with Crippen LogP contribution in [-0.2, 0) is 13.3 Å². The molecule has 3 aliphatic rings. The highest BCUT2D eigenvalue weighted by Gasteiger charge is 2.44. The van der Waals surface area contributed by atoms with Crippen LogP contribution in [0.2, 0.25) is 0 Å². The Morgan fingerprint density at radius 2 is 1.47 bits per heavy atom. The second kappa shape index (κ2) is 4.90. The van der Waals surface area contributed by atoms with Crippen molar-refractivity contribution in [2.45, 2.75) is 0 Å². The number of rotatable bonds is 2. The van der Waals surface area contributed by atoms with Gasteiger partial charge in [-0.2, -0.15) is 0 Å². The van der Waals surface area contributed by atoms with Gasteiger partial charge in [-0.25, -0.2) is 0 Å². The van der Waals surface area contributed by atoms with E-state index in [0.717, 1.165) is 45.6 Å². The normalized spacial score (nSPS) is 37.4. The van der Waals surface area contributed by atoms with Crippen LogP contribution in [0.1, 0.15) is 0 Å². The van der Waals surface area contributed by atoms with Gasteiger partial charge in [0.2, 0.25) is 0 Å². The van der Waals surface area contributed by atoms with Crippen LogP contribution in [0.5, 0.6) is 0 Å². The second-order valence-electron chi connectivity index (χ2n) is 4.31. The topological polar surface area (TPSA) is 34.2 Å².